The van der Waals surface area contributed by atoms with Crippen LogP contribution in [0.4, 0.5) is 0 Å². The Morgan fingerprint density at radius 2 is 1.45 bits per heavy atom. The van der Waals surface area contributed by atoms with Gasteiger partial charge in [0.05, 0.1) is 19.8 Å². The molecule has 112 valence electrons. The second-order valence-corrected chi connectivity index (χ2v) is 6.76. The topological polar surface area (TPSA) is 30.5 Å². The third kappa shape index (κ3) is 1.99. The van der Waals surface area contributed by atoms with Crippen LogP contribution >= 0.6 is 0 Å². The molecule has 1 fully saturated rings. The Labute approximate surface area is 122 Å². The summed E-state index contributed by atoms with van der Waals surface area (Å²) in [5.41, 5.74) is 1.72. The Morgan fingerprint density at radius 1 is 1.00 bits per heavy atom. The Hall–Kier alpha value is -1.22. The summed E-state index contributed by atoms with van der Waals surface area (Å²) in [5, 5.41) is 3.48. The van der Waals surface area contributed by atoms with Crippen molar-refractivity contribution in [3.8, 4) is 11.5 Å². The average molecular weight is 277 g/mol. The van der Waals surface area contributed by atoms with Crippen LogP contribution in [0, 0.1) is 16.7 Å². The van der Waals surface area contributed by atoms with Gasteiger partial charge in [0.15, 0.2) is 0 Å². The molecule has 0 aromatic heterocycles. The minimum Gasteiger partial charge on any atom is -0.496 e. The third-order valence-corrected chi connectivity index (χ3v) is 5.55. The zero-order valence-corrected chi connectivity index (χ0v) is 13.7. The molecule has 1 aliphatic carbocycles. The van der Waals surface area contributed by atoms with Crippen LogP contribution in [-0.4, -0.2) is 21.3 Å². The van der Waals surface area contributed by atoms with Gasteiger partial charge in [-0.25, -0.2) is 0 Å². The summed E-state index contributed by atoms with van der Waals surface area (Å²) in [7, 11) is 5.45. The van der Waals surface area contributed by atoms with Gasteiger partial charge in [0, 0.05) is 6.04 Å². The molecule has 0 amide bonds. The molecule has 0 spiro atoms. The van der Waals surface area contributed by atoms with Crippen LogP contribution in [0.25, 0.3) is 0 Å². The van der Waals surface area contributed by atoms with Crippen LogP contribution in [-0.2, 0) is 0 Å². The quantitative estimate of drug-likeness (QED) is 0.891. The molecule has 3 heteroatoms. The summed E-state index contributed by atoms with van der Waals surface area (Å²) in [6.45, 7) is 9.35. The molecular formula is C17H27NO2. The fourth-order valence-corrected chi connectivity index (χ4v) is 3.74. The molecule has 1 aromatic rings. The number of benzene rings is 1. The minimum atomic E-state index is 0.228. The van der Waals surface area contributed by atoms with E-state index in [0.29, 0.717) is 16.7 Å². The summed E-state index contributed by atoms with van der Waals surface area (Å²) in [6.07, 6.45) is 0. The van der Waals surface area contributed by atoms with E-state index < -0.39 is 0 Å². The van der Waals surface area contributed by atoms with E-state index in [4.69, 9.17) is 9.47 Å². The smallest absolute Gasteiger partial charge is 0.127 e. The minimum absolute atomic E-state index is 0.228. The van der Waals surface area contributed by atoms with Crippen molar-refractivity contribution >= 4 is 0 Å². The fourth-order valence-electron chi connectivity index (χ4n) is 3.74. The van der Waals surface area contributed by atoms with Gasteiger partial charge in [-0.2, -0.15) is 0 Å². The van der Waals surface area contributed by atoms with E-state index >= 15 is 0 Å². The van der Waals surface area contributed by atoms with Crippen molar-refractivity contribution < 1.29 is 9.47 Å². The van der Waals surface area contributed by atoms with Crippen molar-refractivity contribution in [1.82, 2.24) is 5.32 Å². The van der Waals surface area contributed by atoms with Gasteiger partial charge in [0.1, 0.15) is 11.5 Å². The van der Waals surface area contributed by atoms with E-state index in [1.54, 1.807) is 14.2 Å². The van der Waals surface area contributed by atoms with Gasteiger partial charge in [-0.1, -0.05) is 33.8 Å². The van der Waals surface area contributed by atoms with Crippen molar-refractivity contribution in [3.63, 3.8) is 0 Å². The molecule has 1 aromatic carbocycles. The lowest BCUT2D eigenvalue weighted by molar-refractivity contribution is 0.353. The van der Waals surface area contributed by atoms with Gasteiger partial charge >= 0.3 is 0 Å². The number of rotatable bonds is 5. The van der Waals surface area contributed by atoms with E-state index in [1.807, 2.05) is 25.2 Å². The van der Waals surface area contributed by atoms with Crippen molar-refractivity contribution in [1.29, 1.82) is 0 Å². The predicted molar refractivity (Wildman–Crippen MR) is 82.4 cm³/mol. The molecule has 1 unspecified atom stereocenters. The average Bonchev–Trinajstić information content (AvgIpc) is 2.82. The number of ether oxygens (including phenoxy) is 2. The fraction of sp³-hybridized carbons (Fsp3) is 0.647. The summed E-state index contributed by atoms with van der Waals surface area (Å²) in [5.74, 6) is 2.33. The van der Waals surface area contributed by atoms with Crippen molar-refractivity contribution in [2.24, 2.45) is 16.7 Å². The number of methoxy groups -OCH3 is 2. The molecule has 1 aliphatic rings. The highest BCUT2D eigenvalue weighted by Crippen LogP contribution is 2.72. The Morgan fingerprint density at radius 3 is 1.75 bits per heavy atom. The Kier molecular flexibility index (Phi) is 3.76. The maximum absolute atomic E-state index is 5.56. The maximum atomic E-state index is 5.56. The SMILES string of the molecule is CNC(c1c(OC)cccc1OC)C1C(C)(C)C1(C)C. The number of nitrogens with one attached hydrogen (secondary N) is 1. The number of hydrogen-bond donors (Lipinski definition) is 1. The third-order valence-electron chi connectivity index (χ3n) is 5.55. The van der Waals surface area contributed by atoms with E-state index in [2.05, 4.69) is 33.0 Å². The van der Waals surface area contributed by atoms with E-state index in [-0.39, 0.29) is 6.04 Å². The van der Waals surface area contributed by atoms with Crippen molar-refractivity contribution in [2.45, 2.75) is 33.7 Å². The lowest BCUT2D eigenvalue weighted by Gasteiger charge is -2.23. The van der Waals surface area contributed by atoms with Crippen molar-refractivity contribution in [3.05, 3.63) is 23.8 Å². The predicted octanol–water partition coefficient (Wildman–Crippen LogP) is 3.65. The largest absolute Gasteiger partial charge is 0.496 e. The highest BCUT2D eigenvalue weighted by molar-refractivity contribution is 5.48. The van der Waals surface area contributed by atoms with Crippen LogP contribution < -0.4 is 14.8 Å². The first-order valence-electron chi connectivity index (χ1n) is 7.21. The normalized spacial score (nSPS) is 21.4. The lowest BCUT2D eigenvalue weighted by atomic mass is 9.95. The van der Waals surface area contributed by atoms with Gasteiger partial charge in [-0.3, -0.25) is 0 Å². The maximum Gasteiger partial charge on any atom is 0.127 e. The van der Waals surface area contributed by atoms with E-state index in [0.717, 1.165) is 17.1 Å². The molecule has 20 heavy (non-hydrogen) atoms. The molecule has 0 saturated heterocycles. The molecule has 1 atom stereocenters. The molecule has 0 heterocycles. The van der Waals surface area contributed by atoms with Crippen LogP contribution in [0.5, 0.6) is 11.5 Å². The second-order valence-electron chi connectivity index (χ2n) is 6.76. The molecule has 2 rings (SSSR count). The molecule has 0 radical (unpaired) electrons. The first-order valence-corrected chi connectivity index (χ1v) is 7.21. The summed E-state index contributed by atoms with van der Waals surface area (Å²) in [6, 6.07) is 6.21. The van der Waals surface area contributed by atoms with Crippen LogP contribution in [0.15, 0.2) is 18.2 Å². The van der Waals surface area contributed by atoms with E-state index in [1.165, 1.54) is 0 Å². The van der Waals surface area contributed by atoms with Gasteiger partial charge in [-0.15, -0.1) is 0 Å². The van der Waals surface area contributed by atoms with E-state index in [9.17, 15) is 0 Å². The summed E-state index contributed by atoms with van der Waals surface area (Å²) >= 11 is 0. The van der Waals surface area contributed by atoms with Crippen LogP contribution in [0.3, 0.4) is 0 Å². The molecule has 3 nitrogen and oxygen atoms in total. The van der Waals surface area contributed by atoms with Crippen LogP contribution in [0.2, 0.25) is 0 Å². The Balaban J connectivity index is 2.49. The zero-order valence-electron chi connectivity index (χ0n) is 13.7. The van der Waals surface area contributed by atoms with Gasteiger partial charge in [0.2, 0.25) is 0 Å². The zero-order chi connectivity index (χ0) is 15.1. The Bertz CT molecular complexity index is 458. The summed E-state index contributed by atoms with van der Waals surface area (Å²) in [4.78, 5) is 0. The molecule has 1 N–H and O–H groups in total. The highest BCUT2D eigenvalue weighted by Gasteiger charge is 2.67. The first-order chi connectivity index (χ1) is 9.32. The number of hydrogen-bond acceptors (Lipinski definition) is 3. The highest BCUT2D eigenvalue weighted by atomic mass is 16.5. The van der Waals surface area contributed by atoms with Crippen LogP contribution in [0.1, 0.15) is 39.3 Å². The first kappa shape index (κ1) is 15.2. The molecular weight excluding hydrogens is 250 g/mol. The standard InChI is InChI=1S/C17H27NO2/c1-16(2)15(17(16,3)4)14(18-5)13-11(19-6)9-8-10-12(13)20-7/h8-10,14-15,18H,1-7H3. The molecule has 0 bridgehead atoms. The molecule has 1 saturated carbocycles. The molecule has 0 aliphatic heterocycles. The lowest BCUT2D eigenvalue weighted by Crippen LogP contribution is -2.22. The monoisotopic (exact) mass is 277 g/mol. The summed E-state index contributed by atoms with van der Waals surface area (Å²) < 4.78 is 11.1. The second kappa shape index (κ2) is 4.96. The van der Waals surface area contributed by atoms with Gasteiger partial charge in [0.25, 0.3) is 0 Å². The van der Waals surface area contributed by atoms with Gasteiger partial charge < -0.3 is 14.8 Å². The van der Waals surface area contributed by atoms with Gasteiger partial charge in [-0.05, 0) is 35.9 Å². The van der Waals surface area contributed by atoms with Crippen molar-refractivity contribution in [2.75, 3.05) is 21.3 Å².